The van der Waals surface area contributed by atoms with E-state index in [0.29, 0.717) is 6.04 Å². The summed E-state index contributed by atoms with van der Waals surface area (Å²) in [5.74, 6) is 0.781. The third-order valence-corrected chi connectivity index (χ3v) is 3.56. The molecule has 0 amide bonds. The molecule has 0 radical (unpaired) electrons. The van der Waals surface area contributed by atoms with Crippen molar-refractivity contribution in [2.45, 2.75) is 32.2 Å². The summed E-state index contributed by atoms with van der Waals surface area (Å²) in [6, 6.07) is 9.28. The Morgan fingerprint density at radius 1 is 1.38 bits per heavy atom. The van der Waals surface area contributed by atoms with E-state index in [2.05, 4.69) is 36.5 Å². The SMILES string of the molecule is C[C@@H](CN)NCC1CCc2ccccc2C1. The number of aryl methyl sites for hydroxylation is 1. The molecule has 88 valence electrons. The maximum atomic E-state index is 5.60. The summed E-state index contributed by atoms with van der Waals surface area (Å²) < 4.78 is 0. The summed E-state index contributed by atoms with van der Waals surface area (Å²) in [4.78, 5) is 0. The molecule has 3 N–H and O–H groups in total. The van der Waals surface area contributed by atoms with Crippen LogP contribution < -0.4 is 11.1 Å². The molecule has 1 unspecified atom stereocenters. The second-order valence-corrected chi connectivity index (χ2v) is 4.92. The smallest absolute Gasteiger partial charge is 0.0162 e. The monoisotopic (exact) mass is 218 g/mol. The van der Waals surface area contributed by atoms with Gasteiger partial charge in [0.05, 0.1) is 0 Å². The van der Waals surface area contributed by atoms with Crippen molar-refractivity contribution in [1.82, 2.24) is 5.32 Å². The van der Waals surface area contributed by atoms with Gasteiger partial charge in [-0.15, -0.1) is 0 Å². The average Bonchev–Trinajstić information content (AvgIpc) is 2.35. The second kappa shape index (κ2) is 5.46. The molecule has 2 nitrogen and oxygen atoms in total. The molecular weight excluding hydrogens is 196 g/mol. The van der Waals surface area contributed by atoms with Crippen LogP contribution in [0.2, 0.25) is 0 Å². The minimum absolute atomic E-state index is 0.442. The fourth-order valence-corrected chi connectivity index (χ4v) is 2.40. The van der Waals surface area contributed by atoms with Crippen LogP contribution in [0, 0.1) is 5.92 Å². The maximum absolute atomic E-state index is 5.60. The minimum atomic E-state index is 0.442. The van der Waals surface area contributed by atoms with Gasteiger partial charge in [-0.2, -0.15) is 0 Å². The van der Waals surface area contributed by atoms with Crippen molar-refractivity contribution in [2.24, 2.45) is 11.7 Å². The first-order chi connectivity index (χ1) is 7.79. The van der Waals surface area contributed by atoms with Gasteiger partial charge in [-0.3, -0.25) is 0 Å². The Morgan fingerprint density at radius 2 is 2.12 bits per heavy atom. The quantitative estimate of drug-likeness (QED) is 0.807. The van der Waals surface area contributed by atoms with E-state index in [4.69, 9.17) is 5.73 Å². The molecule has 16 heavy (non-hydrogen) atoms. The lowest BCUT2D eigenvalue weighted by Crippen LogP contribution is -2.37. The summed E-state index contributed by atoms with van der Waals surface area (Å²) in [6.45, 7) is 3.98. The Bertz CT molecular complexity index is 335. The van der Waals surface area contributed by atoms with Crippen LogP contribution in [0.15, 0.2) is 24.3 Å². The third-order valence-electron chi connectivity index (χ3n) is 3.56. The lowest BCUT2D eigenvalue weighted by Gasteiger charge is -2.26. The van der Waals surface area contributed by atoms with Crippen molar-refractivity contribution in [3.05, 3.63) is 35.4 Å². The molecule has 0 heterocycles. The Labute approximate surface area is 98.2 Å². The average molecular weight is 218 g/mol. The minimum Gasteiger partial charge on any atom is -0.329 e. The summed E-state index contributed by atoms with van der Waals surface area (Å²) >= 11 is 0. The van der Waals surface area contributed by atoms with Crippen molar-refractivity contribution >= 4 is 0 Å². The number of nitrogens with two attached hydrogens (primary N) is 1. The van der Waals surface area contributed by atoms with Crippen LogP contribution >= 0.6 is 0 Å². The molecule has 1 aliphatic rings. The zero-order valence-corrected chi connectivity index (χ0v) is 10.1. The van der Waals surface area contributed by atoms with Crippen molar-refractivity contribution in [3.8, 4) is 0 Å². The van der Waals surface area contributed by atoms with E-state index in [9.17, 15) is 0 Å². The second-order valence-electron chi connectivity index (χ2n) is 4.92. The van der Waals surface area contributed by atoms with Crippen molar-refractivity contribution in [2.75, 3.05) is 13.1 Å². The van der Waals surface area contributed by atoms with Crippen LogP contribution in [0.25, 0.3) is 0 Å². The maximum Gasteiger partial charge on any atom is 0.0162 e. The van der Waals surface area contributed by atoms with Crippen LogP contribution in [0.4, 0.5) is 0 Å². The molecule has 0 spiro atoms. The van der Waals surface area contributed by atoms with Gasteiger partial charge in [0, 0.05) is 12.6 Å². The van der Waals surface area contributed by atoms with E-state index in [1.807, 2.05) is 0 Å². The topological polar surface area (TPSA) is 38.0 Å². The molecule has 0 fully saturated rings. The molecule has 0 bridgehead atoms. The summed E-state index contributed by atoms with van der Waals surface area (Å²) in [7, 11) is 0. The summed E-state index contributed by atoms with van der Waals surface area (Å²) in [6.07, 6.45) is 3.77. The Morgan fingerprint density at radius 3 is 2.88 bits per heavy atom. The van der Waals surface area contributed by atoms with E-state index in [1.54, 1.807) is 11.1 Å². The zero-order valence-electron chi connectivity index (χ0n) is 10.1. The first-order valence-electron chi connectivity index (χ1n) is 6.30. The van der Waals surface area contributed by atoms with Crippen LogP contribution in [0.1, 0.15) is 24.5 Å². The Kier molecular flexibility index (Phi) is 3.97. The summed E-state index contributed by atoms with van der Waals surface area (Å²) in [5.41, 5.74) is 8.69. The number of hydrogen-bond donors (Lipinski definition) is 2. The van der Waals surface area contributed by atoms with Crippen LogP contribution in [-0.2, 0) is 12.8 Å². The van der Waals surface area contributed by atoms with Gasteiger partial charge in [-0.1, -0.05) is 24.3 Å². The van der Waals surface area contributed by atoms with Gasteiger partial charge in [-0.25, -0.2) is 0 Å². The molecule has 1 aromatic carbocycles. The van der Waals surface area contributed by atoms with Gasteiger partial charge in [0.15, 0.2) is 0 Å². The first-order valence-corrected chi connectivity index (χ1v) is 6.30. The van der Waals surface area contributed by atoms with Crippen LogP contribution in [0.3, 0.4) is 0 Å². The van der Waals surface area contributed by atoms with E-state index < -0.39 is 0 Å². The molecule has 0 saturated carbocycles. The molecule has 2 atom stereocenters. The van der Waals surface area contributed by atoms with Crippen molar-refractivity contribution in [1.29, 1.82) is 0 Å². The molecule has 2 rings (SSSR count). The van der Waals surface area contributed by atoms with Crippen LogP contribution in [-0.4, -0.2) is 19.1 Å². The van der Waals surface area contributed by atoms with Gasteiger partial charge in [0.1, 0.15) is 0 Å². The number of rotatable bonds is 4. The van der Waals surface area contributed by atoms with Gasteiger partial charge in [-0.05, 0) is 49.8 Å². The molecule has 0 aliphatic heterocycles. The normalized spacial score (nSPS) is 21.5. The Balaban J connectivity index is 1.88. The summed E-state index contributed by atoms with van der Waals surface area (Å²) in [5, 5.41) is 3.51. The van der Waals surface area contributed by atoms with Gasteiger partial charge < -0.3 is 11.1 Å². The highest BCUT2D eigenvalue weighted by molar-refractivity contribution is 5.29. The number of hydrogen-bond acceptors (Lipinski definition) is 2. The fourth-order valence-electron chi connectivity index (χ4n) is 2.40. The number of benzene rings is 1. The number of fused-ring (bicyclic) bond motifs is 1. The molecular formula is C14H22N2. The van der Waals surface area contributed by atoms with Crippen molar-refractivity contribution < 1.29 is 0 Å². The van der Waals surface area contributed by atoms with E-state index in [1.165, 1.54) is 19.3 Å². The third kappa shape index (κ3) is 2.83. The van der Waals surface area contributed by atoms with Crippen LogP contribution in [0.5, 0.6) is 0 Å². The molecule has 1 aromatic rings. The Hall–Kier alpha value is -0.860. The highest BCUT2D eigenvalue weighted by Gasteiger charge is 2.18. The van der Waals surface area contributed by atoms with E-state index >= 15 is 0 Å². The number of nitrogens with one attached hydrogen (secondary N) is 1. The van der Waals surface area contributed by atoms with Crippen molar-refractivity contribution in [3.63, 3.8) is 0 Å². The predicted octanol–water partition coefficient (Wildman–Crippen LogP) is 1.73. The van der Waals surface area contributed by atoms with Gasteiger partial charge >= 0.3 is 0 Å². The standard InChI is InChI=1S/C14H22N2/c1-11(9-15)16-10-12-6-7-13-4-2-3-5-14(13)8-12/h2-5,11-12,16H,6-10,15H2,1H3/t11-,12?/m0/s1. The predicted molar refractivity (Wildman–Crippen MR) is 68.5 cm³/mol. The molecule has 2 heteroatoms. The lowest BCUT2D eigenvalue weighted by molar-refractivity contribution is 0.401. The molecule has 0 saturated heterocycles. The van der Waals surface area contributed by atoms with E-state index in [0.717, 1.165) is 19.0 Å². The first kappa shape index (κ1) is 11.6. The molecule has 1 aliphatic carbocycles. The highest BCUT2D eigenvalue weighted by Crippen LogP contribution is 2.24. The lowest BCUT2D eigenvalue weighted by atomic mass is 9.84. The largest absolute Gasteiger partial charge is 0.329 e. The fraction of sp³-hybridized carbons (Fsp3) is 0.571. The van der Waals surface area contributed by atoms with Gasteiger partial charge in [0.2, 0.25) is 0 Å². The molecule has 0 aromatic heterocycles. The van der Waals surface area contributed by atoms with Gasteiger partial charge in [0.25, 0.3) is 0 Å². The van der Waals surface area contributed by atoms with E-state index in [-0.39, 0.29) is 0 Å². The zero-order chi connectivity index (χ0) is 11.4. The highest BCUT2D eigenvalue weighted by atomic mass is 14.9.